The second kappa shape index (κ2) is 4.51. The molecule has 0 aromatic carbocycles. The molecule has 94 valence electrons. The van der Waals surface area contributed by atoms with Crippen molar-refractivity contribution >= 4 is 5.65 Å². The van der Waals surface area contributed by atoms with Gasteiger partial charge in [0, 0.05) is 31.9 Å². The van der Waals surface area contributed by atoms with Gasteiger partial charge in [-0.15, -0.1) is 0 Å². The Morgan fingerprint density at radius 3 is 3.11 bits per heavy atom. The number of likely N-dealkylation sites (tertiary alicyclic amines) is 1. The van der Waals surface area contributed by atoms with Crippen molar-refractivity contribution in [1.29, 1.82) is 0 Å². The fourth-order valence-corrected chi connectivity index (χ4v) is 2.37. The van der Waals surface area contributed by atoms with Crippen molar-refractivity contribution in [1.82, 2.24) is 14.3 Å². The first-order chi connectivity index (χ1) is 8.72. The number of β-amino-alcohol motifs (C(OH)–C–C–N with tert-alkyl or cyclic N) is 1. The lowest BCUT2D eigenvalue weighted by Crippen LogP contribution is -2.24. The van der Waals surface area contributed by atoms with E-state index in [0.717, 1.165) is 18.7 Å². The number of fused-ring (bicyclic) bond motifs is 1. The molecule has 0 amide bonds. The van der Waals surface area contributed by atoms with Gasteiger partial charge in [-0.3, -0.25) is 14.1 Å². The molecule has 5 nitrogen and oxygen atoms in total. The number of aromatic nitrogens is 2. The molecule has 0 aliphatic carbocycles. The quantitative estimate of drug-likeness (QED) is 0.824. The highest BCUT2D eigenvalue weighted by molar-refractivity contribution is 5.37. The molecular formula is C13H15N3O2. The third kappa shape index (κ3) is 2.14. The molecule has 1 fully saturated rings. The van der Waals surface area contributed by atoms with E-state index < -0.39 is 0 Å². The fourth-order valence-electron chi connectivity index (χ4n) is 2.37. The van der Waals surface area contributed by atoms with Crippen LogP contribution in [0.4, 0.5) is 0 Å². The number of rotatable bonds is 2. The molecule has 1 atom stereocenters. The fraction of sp³-hybridized carbons (Fsp3) is 0.385. The molecule has 0 radical (unpaired) electrons. The number of nitrogens with zero attached hydrogens (tertiary/aromatic N) is 3. The highest BCUT2D eigenvalue weighted by Crippen LogP contribution is 2.11. The Bertz CT molecular complexity index is 623. The van der Waals surface area contributed by atoms with E-state index in [1.807, 2.05) is 18.2 Å². The number of aliphatic hydroxyl groups is 1. The standard InChI is InChI=1S/C13H15N3O2/c17-11-4-6-15(9-11)8-10-7-13(18)16-5-2-1-3-12(16)14-10/h1-3,5,7,11,17H,4,6,8-9H2. The van der Waals surface area contributed by atoms with Gasteiger partial charge in [0.15, 0.2) is 0 Å². The summed E-state index contributed by atoms with van der Waals surface area (Å²) in [5.41, 5.74) is 1.37. The largest absolute Gasteiger partial charge is 0.392 e. The van der Waals surface area contributed by atoms with Crippen LogP contribution in [-0.2, 0) is 6.54 Å². The van der Waals surface area contributed by atoms with Crippen molar-refractivity contribution in [2.75, 3.05) is 13.1 Å². The molecule has 3 heterocycles. The van der Waals surface area contributed by atoms with E-state index in [9.17, 15) is 9.90 Å². The van der Waals surface area contributed by atoms with Gasteiger partial charge in [-0.25, -0.2) is 4.98 Å². The highest BCUT2D eigenvalue weighted by atomic mass is 16.3. The number of hydrogen-bond donors (Lipinski definition) is 1. The van der Waals surface area contributed by atoms with Crippen LogP contribution in [0, 0.1) is 0 Å². The van der Waals surface area contributed by atoms with Crippen LogP contribution in [0.15, 0.2) is 35.3 Å². The van der Waals surface area contributed by atoms with Crippen LogP contribution in [0.25, 0.3) is 5.65 Å². The van der Waals surface area contributed by atoms with E-state index >= 15 is 0 Å². The molecule has 0 saturated carbocycles. The molecule has 0 spiro atoms. The van der Waals surface area contributed by atoms with E-state index in [0.29, 0.717) is 18.7 Å². The lowest BCUT2D eigenvalue weighted by molar-refractivity contribution is 0.174. The number of pyridine rings is 1. The average molecular weight is 245 g/mol. The monoisotopic (exact) mass is 245 g/mol. The molecule has 5 heteroatoms. The van der Waals surface area contributed by atoms with Crippen LogP contribution in [0.5, 0.6) is 0 Å². The van der Waals surface area contributed by atoms with Crippen LogP contribution in [0.2, 0.25) is 0 Å². The predicted molar refractivity (Wildman–Crippen MR) is 67.4 cm³/mol. The minimum atomic E-state index is -0.244. The lowest BCUT2D eigenvalue weighted by atomic mass is 10.3. The van der Waals surface area contributed by atoms with Crippen molar-refractivity contribution in [3.8, 4) is 0 Å². The smallest absolute Gasteiger partial charge is 0.258 e. The molecule has 1 N–H and O–H groups in total. The molecule has 1 aliphatic heterocycles. The van der Waals surface area contributed by atoms with E-state index in [1.165, 1.54) is 4.40 Å². The summed E-state index contributed by atoms with van der Waals surface area (Å²) in [6.07, 6.45) is 2.27. The average Bonchev–Trinajstić information content (AvgIpc) is 2.75. The van der Waals surface area contributed by atoms with Crippen molar-refractivity contribution in [2.24, 2.45) is 0 Å². The van der Waals surface area contributed by atoms with E-state index in [2.05, 4.69) is 9.88 Å². The molecule has 1 aliphatic rings. The Balaban J connectivity index is 1.91. The first-order valence-electron chi connectivity index (χ1n) is 6.10. The summed E-state index contributed by atoms with van der Waals surface area (Å²) in [4.78, 5) is 18.5. The number of hydrogen-bond acceptors (Lipinski definition) is 4. The number of aliphatic hydroxyl groups excluding tert-OH is 1. The zero-order chi connectivity index (χ0) is 12.5. The molecule has 2 aromatic rings. The van der Waals surface area contributed by atoms with Crippen LogP contribution in [0.3, 0.4) is 0 Å². The van der Waals surface area contributed by atoms with Gasteiger partial charge in [0.1, 0.15) is 5.65 Å². The topological polar surface area (TPSA) is 57.8 Å². The van der Waals surface area contributed by atoms with Crippen LogP contribution >= 0.6 is 0 Å². The van der Waals surface area contributed by atoms with E-state index in [4.69, 9.17) is 0 Å². The molecule has 0 bridgehead atoms. The molecular weight excluding hydrogens is 230 g/mol. The summed E-state index contributed by atoms with van der Waals surface area (Å²) in [6, 6.07) is 7.07. The first kappa shape index (κ1) is 11.4. The van der Waals surface area contributed by atoms with Crippen molar-refractivity contribution in [3.05, 3.63) is 46.5 Å². The summed E-state index contributed by atoms with van der Waals surface area (Å²) in [6.45, 7) is 2.14. The van der Waals surface area contributed by atoms with Gasteiger partial charge >= 0.3 is 0 Å². The van der Waals surface area contributed by atoms with Gasteiger partial charge in [-0.2, -0.15) is 0 Å². The Hall–Kier alpha value is -1.72. The maximum atomic E-state index is 11.9. The Kier molecular flexibility index (Phi) is 2.85. The molecule has 2 aromatic heterocycles. The molecule has 3 rings (SSSR count). The summed E-state index contributed by atoms with van der Waals surface area (Å²) in [7, 11) is 0. The van der Waals surface area contributed by atoms with Gasteiger partial charge in [0.2, 0.25) is 0 Å². The SMILES string of the molecule is O=c1cc(CN2CCC(O)C2)nc2ccccn12. The minimum absolute atomic E-state index is 0.0599. The minimum Gasteiger partial charge on any atom is -0.392 e. The van der Waals surface area contributed by atoms with E-state index in [1.54, 1.807) is 12.3 Å². The highest BCUT2D eigenvalue weighted by Gasteiger charge is 2.20. The summed E-state index contributed by atoms with van der Waals surface area (Å²) in [5.74, 6) is 0. The Morgan fingerprint density at radius 1 is 1.44 bits per heavy atom. The second-order valence-electron chi connectivity index (χ2n) is 4.69. The van der Waals surface area contributed by atoms with Crippen molar-refractivity contribution in [2.45, 2.75) is 19.1 Å². The summed E-state index contributed by atoms with van der Waals surface area (Å²) < 4.78 is 1.53. The Labute approximate surface area is 104 Å². The maximum absolute atomic E-state index is 11.9. The van der Waals surface area contributed by atoms with E-state index in [-0.39, 0.29) is 11.7 Å². The first-order valence-corrected chi connectivity index (χ1v) is 6.10. The van der Waals surface area contributed by atoms with Crippen LogP contribution in [-0.4, -0.2) is 38.6 Å². The van der Waals surface area contributed by atoms with Crippen LogP contribution < -0.4 is 5.56 Å². The summed E-state index contributed by atoms with van der Waals surface area (Å²) in [5, 5.41) is 9.48. The molecule has 1 saturated heterocycles. The lowest BCUT2D eigenvalue weighted by Gasteiger charge is -2.14. The van der Waals surface area contributed by atoms with Gasteiger partial charge in [0.25, 0.3) is 5.56 Å². The zero-order valence-corrected chi connectivity index (χ0v) is 9.99. The third-order valence-electron chi connectivity index (χ3n) is 3.26. The molecule has 18 heavy (non-hydrogen) atoms. The Morgan fingerprint density at radius 2 is 2.33 bits per heavy atom. The van der Waals surface area contributed by atoms with Gasteiger partial charge in [0.05, 0.1) is 11.8 Å². The van der Waals surface area contributed by atoms with Crippen LogP contribution in [0.1, 0.15) is 12.1 Å². The normalized spacial score (nSPS) is 20.6. The third-order valence-corrected chi connectivity index (χ3v) is 3.26. The van der Waals surface area contributed by atoms with Gasteiger partial charge < -0.3 is 5.11 Å². The second-order valence-corrected chi connectivity index (χ2v) is 4.69. The maximum Gasteiger partial charge on any atom is 0.258 e. The van der Waals surface area contributed by atoms with Crippen molar-refractivity contribution in [3.63, 3.8) is 0 Å². The zero-order valence-electron chi connectivity index (χ0n) is 9.99. The summed E-state index contributed by atoms with van der Waals surface area (Å²) >= 11 is 0. The van der Waals surface area contributed by atoms with Crippen molar-refractivity contribution < 1.29 is 5.11 Å². The van der Waals surface area contributed by atoms with Gasteiger partial charge in [-0.1, -0.05) is 6.07 Å². The molecule has 1 unspecified atom stereocenters. The van der Waals surface area contributed by atoms with Gasteiger partial charge in [-0.05, 0) is 18.6 Å². The predicted octanol–water partition coefficient (Wildman–Crippen LogP) is 0.261.